The maximum Gasteiger partial charge on any atom is 0.127 e. The van der Waals surface area contributed by atoms with Crippen LogP contribution in [0.25, 0.3) is 0 Å². The van der Waals surface area contributed by atoms with Gasteiger partial charge >= 0.3 is 0 Å². The number of ether oxygens (including phenoxy) is 2. The fourth-order valence-electron chi connectivity index (χ4n) is 1.93. The summed E-state index contributed by atoms with van der Waals surface area (Å²) in [5.41, 5.74) is 6.91. The Morgan fingerprint density at radius 2 is 1.58 bits per heavy atom. The highest BCUT2D eigenvalue weighted by Gasteiger charge is 2.09. The topological polar surface area (TPSA) is 44.5 Å². The summed E-state index contributed by atoms with van der Waals surface area (Å²) in [6, 6.07) is 17.7. The second-order valence-electron chi connectivity index (χ2n) is 4.37. The van der Waals surface area contributed by atoms with Gasteiger partial charge in [0.15, 0.2) is 0 Å². The predicted octanol–water partition coefficient (Wildman–Crippen LogP) is 3.17. The number of nitrogens with two attached hydrogens (primary N) is 1. The van der Waals surface area contributed by atoms with E-state index < -0.39 is 0 Å². The van der Waals surface area contributed by atoms with Crippen molar-refractivity contribution in [3.8, 4) is 11.5 Å². The first-order valence-corrected chi connectivity index (χ1v) is 6.35. The van der Waals surface area contributed by atoms with Gasteiger partial charge < -0.3 is 15.2 Å². The van der Waals surface area contributed by atoms with Crippen LogP contribution in [0.4, 0.5) is 0 Å². The molecular weight excluding hydrogens is 238 g/mol. The van der Waals surface area contributed by atoms with E-state index in [9.17, 15) is 0 Å². The van der Waals surface area contributed by atoms with Gasteiger partial charge in [0.05, 0.1) is 6.61 Å². The number of benzene rings is 2. The predicted molar refractivity (Wildman–Crippen MR) is 76.6 cm³/mol. The van der Waals surface area contributed by atoms with Crippen LogP contribution in [-0.2, 0) is 4.74 Å². The van der Waals surface area contributed by atoms with E-state index in [2.05, 4.69) is 0 Å². The number of methoxy groups -OCH3 is 1. The zero-order valence-corrected chi connectivity index (χ0v) is 11.1. The van der Waals surface area contributed by atoms with Crippen LogP contribution >= 0.6 is 0 Å². The third-order valence-electron chi connectivity index (χ3n) is 2.98. The quantitative estimate of drug-likeness (QED) is 0.864. The van der Waals surface area contributed by atoms with E-state index in [1.54, 1.807) is 7.11 Å². The Kier molecular flexibility index (Phi) is 4.95. The molecule has 0 aliphatic heterocycles. The van der Waals surface area contributed by atoms with Crippen molar-refractivity contribution in [3.05, 3.63) is 60.2 Å². The van der Waals surface area contributed by atoms with Crippen molar-refractivity contribution in [3.63, 3.8) is 0 Å². The Labute approximate surface area is 114 Å². The molecule has 2 aromatic rings. The summed E-state index contributed by atoms with van der Waals surface area (Å²) in [4.78, 5) is 0. The van der Waals surface area contributed by atoms with E-state index in [-0.39, 0.29) is 5.92 Å². The lowest BCUT2D eigenvalue weighted by molar-refractivity contribution is 0.181. The molecule has 0 aromatic heterocycles. The molecule has 2 aromatic carbocycles. The highest BCUT2D eigenvalue weighted by molar-refractivity contribution is 5.34. The van der Waals surface area contributed by atoms with Crippen molar-refractivity contribution >= 4 is 0 Å². The highest BCUT2D eigenvalue weighted by Crippen LogP contribution is 2.23. The van der Waals surface area contributed by atoms with Crippen molar-refractivity contribution in [1.29, 1.82) is 0 Å². The van der Waals surface area contributed by atoms with Crippen molar-refractivity contribution in [2.45, 2.75) is 5.92 Å². The van der Waals surface area contributed by atoms with Crippen LogP contribution in [0.1, 0.15) is 11.5 Å². The standard InChI is InChI=1S/C16H19NO2/c1-18-12-14(11-17)13-7-9-16(10-8-13)19-15-5-3-2-4-6-15/h2-10,14H,11-12,17H2,1H3. The third-order valence-corrected chi connectivity index (χ3v) is 2.98. The van der Waals surface area contributed by atoms with E-state index >= 15 is 0 Å². The van der Waals surface area contributed by atoms with E-state index in [1.165, 1.54) is 5.56 Å². The molecule has 1 unspecified atom stereocenters. The second kappa shape index (κ2) is 6.92. The molecule has 0 aliphatic rings. The zero-order valence-electron chi connectivity index (χ0n) is 11.1. The molecule has 0 bridgehead atoms. The molecule has 2 N–H and O–H groups in total. The molecule has 0 aliphatic carbocycles. The third kappa shape index (κ3) is 3.81. The van der Waals surface area contributed by atoms with E-state index in [1.807, 2.05) is 54.6 Å². The van der Waals surface area contributed by atoms with Crippen LogP contribution in [0, 0.1) is 0 Å². The van der Waals surface area contributed by atoms with Crippen LogP contribution in [0.2, 0.25) is 0 Å². The Hall–Kier alpha value is -1.84. The van der Waals surface area contributed by atoms with Gasteiger partial charge in [0.1, 0.15) is 11.5 Å². The van der Waals surface area contributed by atoms with Crippen LogP contribution in [0.5, 0.6) is 11.5 Å². The van der Waals surface area contributed by atoms with E-state index in [0.717, 1.165) is 11.5 Å². The van der Waals surface area contributed by atoms with Gasteiger partial charge in [-0.3, -0.25) is 0 Å². The van der Waals surface area contributed by atoms with Crippen molar-refractivity contribution in [2.24, 2.45) is 5.73 Å². The first-order chi connectivity index (χ1) is 9.33. The Bertz CT molecular complexity index is 482. The van der Waals surface area contributed by atoms with E-state index in [0.29, 0.717) is 13.2 Å². The summed E-state index contributed by atoms with van der Waals surface area (Å²) >= 11 is 0. The molecule has 3 heteroatoms. The molecular formula is C16H19NO2. The number of hydrogen-bond donors (Lipinski definition) is 1. The number of hydrogen-bond acceptors (Lipinski definition) is 3. The van der Waals surface area contributed by atoms with Gasteiger partial charge in [-0.25, -0.2) is 0 Å². The largest absolute Gasteiger partial charge is 0.457 e. The Morgan fingerprint density at radius 1 is 0.947 bits per heavy atom. The summed E-state index contributed by atoms with van der Waals surface area (Å²) in [7, 11) is 1.69. The molecule has 19 heavy (non-hydrogen) atoms. The van der Waals surface area contributed by atoms with Gasteiger partial charge in [-0.05, 0) is 29.8 Å². The lowest BCUT2D eigenvalue weighted by atomic mass is 10.0. The molecule has 3 nitrogen and oxygen atoms in total. The van der Waals surface area contributed by atoms with Crippen LogP contribution in [0.15, 0.2) is 54.6 Å². The number of para-hydroxylation sites is 1. The summed E-state index contributed by atoms with van der Waals surface area (Å²) in [6.45, 7) is 1.21. The Balaban J connectivity index is 2.06. The van der Waals surface area contributed by atoms with Crippen LogP contribution < -0.4 is 10.5 Å². The molecule has 0 amide bonds. The Morgan fingerprint density at radius 3 is 2.16 bits per heavy atom. The first kappa shape index (κ1) is 13.6. The molecule has 0 heterocycles. The van der Waals surface area contributed by atoms with Crippen molar-refractivity contribution in [2.75, 3.05) is 20.3 Å². The molecule has 0 radical (unpaired) electrons. The summed E-state index contributed by atoms with van der Waals surface area (Å²) in [5.74, 6) is 1.89. The maximum absolute atomic E-state index is 5.74. The van der Waals surface area contributed by atoms with Gasteiger partial charge in [0, 0.05) is 19.6 Å². The minimum atomic E-state index is 0.232. The van der Waals surface area contributed by atoms with Gasteiger partial charge in [-0.2, -0.15) is 0 Å². The molecule has 0 saturated carbocycles. The monoisotopic (exact) mass is 257 g/mol. The van der Waals surface area contributed by atoms with Gasteiger partial charge in [0.2, 0.25) is 0 Å². The molecule has 0 saturated heterocycles. The van der Waals surface area contributed by atoms with Gasteiger partial charge in [0.25, 0.3) is 0 Å². The van der Waals surface area contributed by atoms with Crippen LogP contribution in [0.3, 0.4) is 0 Å². The normalized spacial score (nSPS) is 12.1. The smallest absolute Gasteiger partial charge is 0.127 e. The van der Waals surface area contributed by atoms with E-state index in [4.69, 9.17) is 15.2 Å². The highest BCUT2D eigenvalue weighted by atomic mass is 16.5. The number of rotatable bonds is 6. The van der Waals surface area contributed by atoms with Crippen molar-refractivity contribution < 1.29 is 9.47 Å². The summed E-state index contributed by atoms with van der Waals surface area (Å²) in [5, 5.41) is 0. The average molecular weight is 257 g/mol. The zero-order chi connectivity index (χ0) is 13.5. The molecule has 0 fully saturated rings. The second-order valence-corrected chi connectivity index (χ2v) is 4.37. The maximum atomic E-state index is 5.74. The lowest BCUT2D eigenvalue weighted by Crippen LogP contribution is -2.17. The van der Waals surface area contributed by atoms with Crippen LogP contribution in [-0.4, -0.2) is 20.3 Å². The minimum Gasteiger partial charge on any atom is -0.457 e. The lowest BCUT2D eigenvalue weighted by Gasteiger charge is -2.14. The molecule has 0 spiro atoms. The SMILES string of the molecule is COCC(CN)c1ccc(Oc2ccccc2)cc1. The molecule has 1 atom stereocenters. The molecule has 2 rings (SSSR count). The summed E-state index contributed by atoms with van der Waals surface area (Å²) in [6.07, 6.45) is 0. The first-order valence-electron chi connectivity index (χ1n) is 6.35. The van der Waals surface area contributed by atoms with Gasteiger partial charge in [-0.1, -0.05) is 30.3 Å². The summed E-state index contributed by atoms with van der Waals surface area (Å²) < 4.78 is 10.9. The fraction of sp³-hybridized carbons (Fsp3) is 0.250. The minimum absolute atomic E-state index is 0.232. The molecule has 100 valence electrons. The van der Waals surface area contributed by atoms with Gasteiger partial charge in [-0.15, -0.1) is 0 Å². The average Bonchev–Trinajstić information content (AvgIpc) is 2.47. The van der Waals surface area contributed by atoms with Crippen molar-refractivity contribution in [1.82, 2.24) is 0 Å². The fourth-order valence-corrected chi connectivity index (χ4v) is 1.93.